The quantitative estimate of drug-likeness (QED) is 0.349. The van der Waals surface area contributed by atoms with Crippen LogP contribution in [0.15, 0.2) is 91.4 Å². The van der Waals surface area contributed by atoms with Gasteiger partial charge in [0.15, 0.2) is 0 Å². The van der Waals surface area contributed by atoms with Gasteiger partial charge in [-0.25, -0.2) is 9.78 Å². The molecule has 7 nitrogen and oxygen atoms in total. The molecule has 0 unspecified atom stereocenters. The molecule has 7 heteroatoms. The molecule has 0 spiro atoms. The van der Waals surface area contributed by atoms with Crippen molar-refractivity contribution in [2.75, 3.05) is 5.32 Å². The number of carbonyl (C=O) groups excluding carboxylic acids is 1. The summed E-state index contributed by atoms with van der Waals surface area (Å²) in [5.74, 6) is -0.698. The monoisotopic (exact) mass is 466 g/mol. The second kappa shape index (κ2) is 10.6. The zero-order chi connectivity index (χ0) is 24.8. The lowest BCUT2D eigenvalue weighted by atomic mass is 9.84. The predicted molar refractivity (Wildman–Crippen MR) is 135 cm³/mol. The van der Waals surface area contributed by atoms with Crippen LogP contribution in [0.2, 0.25) is 0 Å². The van der Waals surface area contributed by atoms with Gasteiger partial charge in [0.25, 0.3) is 0 Å². The fourth-order valence-electron chi connectivity index (χ4n) is 4.31. The van der Waals surface area contributed by atoms with E-state index in [2.05, 4.69) is 20.6 Å². The van der Waals surface area contributed by atoms with E-state index in [0.29, 0.717) is 5.82 Å². The lowest BCUT2D eigenvalue weighted by molar-refractivity contribution is -0.118. The third-order valence-electron chi connectivity index (χ3n) is 5.84. The average molecular weight is 467 g/mol. The Balaban J connectivity index is 1.64. The summed E-state index contributed by atoms with van der Waals surface area (Å²) in [5, 5.41) is 14.8. The molecule has 0 radical (unpaired) electrons. The molecular formula is C28H26N4O3. The molecule has 2 amide bonds. The van der Waals surface area contributed by atoms with Crippen LogP contribution in [-0.2, 0) is 4.79 Å². The van der Waals surface area contributed by atoms with Crippen molar-refractivity contribution in [3.8, 4) is 11.1 Å². The minimum Gasteiger partial charge on any atom is -0.465 e. The molecular weight excluding hydrogens is 440 g/mol. The van der Waals surface area contributed by atoms with Crippen molar-refractivity contribution in [1.29, 1.82) is 0 Å². The highest BCUT2D eigenvalue weighted by Crippen LogP contribution is 2.30. The van der Waals surface area contributed by atoms with Crippen molar-refractivity contribution in [1.82, 2.24) is 15.3 Å². The number of nitrogens with zero attached hydrogens (tertiary/aromatic N) is 2. The van der Waals surface area contributed by atoms with Crippen LogP contribution < -0.4 is 10.6 Å². The fraction of sp³-hybridized carbons (Fsp3) is 0.143. The minimum atomic E-state index is -1.28. The van der Waals surface area contributed by atoms with Gasteiger partial charge < -0.3 is 15.7 Å². The molecule has 2 aromatic carbocycles. The van der Waals surface area contributed by atoms with Crippen molar-refractivity contribution in [2.45, 2.75) is 25.8 Å². The first-order valence-corrected chi connectivity index (χ1v) is 11.2. The number of anilines is 1. The number of carbonyl (C=O) groups is 2. The third kappa shape index (κ3) is 5.52. The van der Waals surface area contributed by atoms with Gasteiger partial charge in [0.05, 0.1) is 0 Å². The largest absolute Gasteiger partial charge is 0.465 e. The molecule has 0 fully saturated rings. The lowest BCUT2D eigenvalue weighted by Crippen LogP contribution is -2.47. The summed E-state index contributed by atoms with van der Waals surface area (Å²) < 4.78 is 0. The standard InChI is InChI=1S/C28H26N4O3/c1-18-15-29-16-19(2)24(18)22-13-14-23(30-17-22)31-27(33)26(32-28(34)35)25(20-9-5-3-6-10-20)21-11-7-4-8-12-21/h3-17,25-26,32H,1-2H3,(H,34,35)(H,30,31,33)/t26-/m0/s1. The zero-order valence-electron chi connectivity index (χ0n) is 19.5. The number of benzene rings is 2. The Hall–Kier alpha value is -4.52. The zero-order valence-corrected chi connectivity index (χ0v) is 19.5. The number of pyridine rings is 2. The van der Waals surface area contributed by atoms with Crippen LogP contribution in [-0.4, -0.2) is 33.1 Å². The van der Waals surface area contributed by atoms with Gasteiger partial charge in [-0.3, -0.25) is 9.78 Å². The molecule has 2 aromatic heterocycles. The van der Waals surface area contributed by atoms with Crippen LogP contribution in [0.4, 0.5) is 10.6 Å². The number of rotatable bonds is 7. The van der Waals surface area contributed by atoms with Crippen LogP contribution >= 0.6 is 0 Å². The van der Waals surface area contributed by atoms with Crippen LogP contribution in [0.25, 0.3) is 11.1 Å². The maximum atomic E-state index is 13.4. The van der Waals surface area contributed by atoms with Crippen LogP contribution in [0.3, 0.4) is 0 Å². The molecule has 176 valence electrons. The highest BCUT2D eigenvalue weighted by molar-refractivity contribution is 5.97. The molecule has 0 aliphatic carbocycles. The van der Waals surface area contributed by atoms with Crippen molar-refractivity contribution >= 4 is 17.8 Å². The van der Waals surface area contributed by atoms with E-state index < -0.39 is 24.0 Å². The number of aryl methyl sites for hydroxylation is 2. The Bertz CT molecular complexity index is 1250. The predicted octanol–water partition coefficient (Wildman–Crippen LogP) is 5.17. The van der Waals surface area contributed by atoms with Gasteiger partial charge in [0.1, 0.15) is 11.9 Å². The van der Waals surface area contributed by atoms with Crippen molar-refractivity contribution < 1.29 is 14.7 Å². The summed E-state index contributed by atoms with van der Waals surface area (Å²) in [6.45, 7) is 3.97. The number of hydrogen-bond acceptors (Lipinski definition) is 4. The first kappa shape index (κ1) is 23.6. The van der Waals surface area contributed by atoms with Gasteiger partial charge in [-0.1, -0.05) is 60.7 Å². The van der Waals surface area contributed by atoms with Gasteiger partial charge in [-0.15, -0.1) is 0 Å². The highest BCUT2D eigenvalue weighted by Gasteiger charge is 2.32. The molecule has 1 atom stereocenters. The van der Waals surface area contributed by atoms with Gasteiger partial charge in [-0.05, 0) is 53.8 Å². The first-order chi connectivity index (χ1) is 16.9. The van der Waals surface area contributed by atoms with Gasteiger partial charge >= 0.3 is 6.09 Å². The molecule has 0 saturated carbocycles. The van der Waals surface area contributed by atoms with Gasteiger partial charge in [0, 0.05) is 30.1 Å². The number of amides is 2. The second-order valence-corrected chi connectivity index (χ2v) is 8.30. The molecule has 0 bridgehead atoms. The van der Waals surface area contributed by atoms with E-state index in [9.17, 15) is 14.7 Å². The summed E-state index contributed by atoms with van der Waals surface area (Å²) >= 11 is 0. The van der Waals surface area contributed by atoms with E-state index in [1.807, 2.05) is 80.6 Å². The molecule has 0 saturated heterocycles. The summed E-state index contributed by atoms with van der Waals surface area (Å²) in [7, 11) is 0. The topological polar surface area (TPSA) is 104 Å². The van der Waals surface area contributed by atoms with Gasteiger partial charge in [-0.2, -0.15) is 0 Å². The maximum absolute atomic E-state index is 13.4. The fourth-order valence-corrected chi connectivity index (χ4v) is 4.31. The number of carboxylic acid groups (broad SMARTS) is 1. The van der Waals surface area contributed by atoms with Crippen molar-refractivity contribution in [3.05, 3.63) is 114 Å². The number of nitrogens with one attached hydrogen (secondary N) is 2. The van der Waals surface area contributed by atoms with Gasteiger partial charge in [0.2, 0.25) is 5.91 Å². The molecule has 35 heavy (non-hydrogen) atoms. The first-order valence-electron chi connectivity index (χ1n) is 11.2. The smallest absolute Gasteiger partial charge is 0.405 e. The summed E-state index contributed by atoms with van der Waals surface area (Å²) in [6, 6.07) is 21.3. The van der Waals surface area contributed by atoms with E-state index in [4.69, 9.17) is 0 Å². The summed E-state index contributed by atoms with van der Waals surface area (Å²) in [6.07, 6.45) is 4.01. The van der Waals surface area contributed by atoms with E-state index in [1.165, 1.54) is 0 Å². The van der Waals surface area contributed by atoms with E-state index >= 15 is 0 Å². The summed E-state index contributed by atoms with van der Waals surface area (Å²) in [5.41, 5.74) is 5.65. The normalized spacial score (nSPS) is 11.6. The number of hydrogen-bond donors (Lipinski definition) is 3. The molecule has 0 aliphatic heterocycles. The Kier molecular flexibility index (Phi) is 7.16. The molecule has 0 aliphatic rings. The Morgan fingerprint density at radius 2 is 1.37 bits per heavy atom. The Morgan fingerprint density at radius 1 is 0.800 bits per heavy atom. The van der Waals surface area contributed by atoms with Crippen LogP contribution in [0, 0.1) is 13.8 Å². The van der Waals surface area contributed by atoms with E-state index in [0.717, 1.165) is 33.4 Å². The second-order valence-electron chi connectivity index (χ2n) is 8.30. The third-order valence-corrected chi connectivity index (χ3v) is 5.84. The van der Waals surface area contributed by atoms with Crippen LogP contribution in [0.1, 0.15) is 28.2 Å². The van der Waals surface area contributed by atoms with E-state index in [1.54, 1.807) is 24.7 Å². The van der Waals surface area contributed by atoms with Crippen molar-refractivity contribution in [2.24, 2.45) is 0 Å². The molecule has 2 heterocycles. The number of aromatic nitrogens is 2. The van der Waals surface area contributed by atoms with Crippen molar-refractivity contribution in [3.63, 3.8) is 0 Å². The summed E-state index contributed by atoms with van der Waals surface area (Å²) in [4.78, 5) is 33.7. The Labute approximate surface area is 203 Å². The lowest BCUT2D eigenvalue weighted by Gasteiger charge is -2.27. The molecule has 3 N–H and O–H groups in total. The SMILES string of the molecule is Cc1cncc(C)c1-c1ccc(NC(=O)[C@@H](NC(=O)O)C(c2ccccc2)c2ccccc2)nc1. The molecule has 4 aromatic rings. The minimum absolute atomic E-state index is 0.333. The van der Waals surface area contributed by atoms with E-state index in [-0.39, 0.29) is 0 Å². The maximum Gasteiger partial charge on any atom is 0.405 e. The average Bonchev–Trinajstić information content (AvgIpc) is 2.86. The highest BCUT2D eigenvalue weighted by atomic mass is 16.4. The Morgan fingerprint density at radius 3 is 1.86 bits per heavy atom. The molecule has 4 rings (SSSR count). The van der Waals surface area contributed by atoms with Crippen LogP contribution in [0.5, 0.6) is 0 Å².